The van der Waals surface area contributed by atoms with Gasteiger partial charge in [-0.25, -0.2) is 0 Å². The highest BCUT2D eigenvalue weighted by Gasteiger charge is 2.69. The van der Waals surface area contributed by atoms with Crippen LogP contribution in [-0.4, -0.2) is 84.4 Å². The van der Waals surface area contributed by atoms with Crippen molar-refractivity contribution in [1.29, 1.82) is 0 Å². The third-order valence-corrected chi connectivity index (χ3v) is 9.69. The standard InChI is InChI=1S/C34H51N5O6/c1-10-14-23(37-30(43)28-27-22(34(27,6)7)19-39(28)32(45)20(2)33(3,4)5)29(42)31(44)35-18-25(40)36-24(17-26(41)38(8)9)21-15-12-11-13-16-21/h11-13,15-16,20,22-24,27-28H,10,14,17-19H2,1-9H3,(H,35,44)(H,36,40)(H,37,43)/t20-,22+,23?,24+,27+,28+/m1/s1. The summed E-state index contributed by atoms with van der Waals surface area (Å²) in [6, 6.07) is 6.57. The summed E-state index contributed by atoms with van der Waals surface area (Å²) in [6.45, 7) is 13.9. The summed E-state index contributed by atoms with van der Waals surface area (Å²) in [5.74, 6) is -3.26. The fourth-order valence-corrected chi connectivity index (χ4v) is 6.19. The number of hydrogen-bond acceptors (Lipinski definition) is 6. The largest absolute Gasteiger partial charge is 0.349 e. The van der Waals surface area contributed by atoms with Gasteiger partial charge in [0, 0.05) is 26.6 Å². The van der Waals surface area contributed by atoms with Crippen LogP contribution in [0.5, 0.6) is 0 Å². The van der Waals surface area contributed by atoms with Gasteiger partial charge < -0.3 is 25.8 Å². The molecule has 45 heavy (non-hydrogen) atoms. The molecule has 1 saturated carbocycles. The van der Waals surface area contributed by atoms with Gasteiger partial charge in [-0.3, -0.25) is 28.8 Å². The molecule has 5 amide bonds. The molecule has 11 nitrogen and oxygen atoms in total. The van der Waals surface area contributed by atoms with Gasteiger partial charge in [-0.05, 0) is 34.7 Å². The number of hydrogen-bond donors (Lipinski definition) is 3. The van der Waals surface area contributed by atoms with Crippen molar-refractivity contribution in [2.75, 3.05) is 27.2 Å². The Labute approximate surface area is 267 Å². The molecule has 248 valence electrons. The Morgan fingerprint density at radius 1 is 1.02 bits per heavy atom. The molecule has 1 aromatic carbocycles. The molecule has 1 saturated heterocycles. The van der Waals surface area contributed by atoms with E-state index in [1.54, 1.807) is 43.3 Å². The van der Waals surface area contributed by atoms with E-state index in [4.69, 9.17) is 0 Å². The molecule has 3 rings (SSSR count). The van der Waals surface area contributed by atoms with E-state index >= 15 is 0 Å². The molecular formula is C34H51N5O6. The molecule has 11 heteroatoms. The Balaban J connectivity index is 1.66. The van der Waals surface area contributed by atoms with Crippen LogP contribution in [0.2, 0.25) is 0 Å². The van der Waals surface area contributed by atoms with Gasteiger partial charge >= 0.3 is 0 Å². The quantitative estimate of drug-likeness (QED) is 0.287. The van der Waals surface area contributed by atoms with Crippen molar-refractivity contribution in [2.24, 2.45) is 28.6 Å². The molecule has 2 fully saturated rings. The van der Waals surface area contributed by atoms with Gasteiger partial charge in [-0.1, -0.05) is 85.2 Å². The molecule has 1 heterocycles. The number of fused-ring (bicyclic) bond motifs is 1. The average molecular weight is 626 g/mol. The normalized spacial score (nSPS) is 21.9. The van der Waals surface area contributed by atoms with E-state index in [0.717, 1.165) is 5.56 Å². The van der Waals surface area contributed by atoms with Crippen molar-refractivity contribution < 1.29 is 28.8 Å². The molecule has 3 N–H and O–H groups in total. The maximum absolute atomic E-state index is 13.7. The van der Waals surface area contributed by atoms with E-state index in [1.165, 1.54) is 4.90 Å². The molecule has 0 aromatic heterocycles. The summed E-state index contributed by atoms with van der Waals surface area (Å²) in [7, 11) is 3.25. The number of piperidine rings is 1. The molecule has 0 spiro atoms. The van der Waals surface area contributed by atoms with Crippen molar-refractivity contribution in [1.82, 2.24) is 25.8 Å². The van der Waals surface area contributed by atoms with E-state index in [0.29, 0.717) is 13.0 Å². The number of likely N-dealkylation sites (tertiary alicyclic amines) is 1. The number of rotatable bonds is 13. The Hall–Kier alpha value is -3.76. The van der Waals surface area contributed by atoms with E-state index in [-0.39, 0.29) is 53.2 Å². The lowest BCUT2D eigenvalue weighted by molar-refractivity contribution is -0.146. The lowest BCUT2D eigenvalue weighted by Gasteiger charge is -2.36. The second kappa shape index (κ2) is 14.1. The third kappa shape index (κ3) is 8.29. The van der Waals surface area contributed by atoms with Crippen molar-refractivity contribution in [3.63, 3.8) is 0 Å². The minimum Gasteiger partial charge on any atom is -0.349 e. The minimum absolute atomic E-state index is 0.0219. The minimum atomic E-state index is -1.10. The summed E-state index contributed by atoms with van der Waals surface area (Å²) in [4.78, 5) is 81.7. The highest BCUT2D eigenvalue weighted by Crippen LogP contribution is 2.65. The Morgan fingerprint density at radius 2 is 1.64 bits per heavy atom. The Kier molecular flexibility index (Phi) is 11.2. The molecule has 1 aliphatic carbocycles. The summed E-state index contributed by atoms with van der Waals surface area (Å²) >= 11 is 0. The topological polar surface area (TPSA) is 145 Å². The van der Waals surface area contributed by atoms with Crippen LogP contribution in [0.4, 0.5) is 0 Å². The molecule has 1 unspecified atom stereocenters. The molecule has 1 aromatic rings. The van der Waals surface area contributed by atoms with Crippen LogP contribution in [0, 0.1) is 28.6 Å². The highest BCUT2D eigenvalue weighted by molar-refractivity contribution is 6.38. The molecule has 1 aliphatic heterocycles. The number of amides is 5. The maximum Gasteiger partial charge on any atom is 0.290 e. The van der Waals surface area contributed by atoms with Crippen molar-refractivity contribution in [2.45, 2.75) is 85.9 Å². The molecule has 0 radical (unpaired) electrons. The number of benzene rings is 1. The maximum atomic E-state index is 13.7. The van der Waals surface area contributed by atoms with Crippen LogP contribution >= 0.6 is 0 Å². The molecule has 0 bridgehead atoms. The summed E-state index contributed by atoms with van der Waals surface area (Å²) in [6.07, 6.45) is 0.770. The highest BCUT2D eigenvalue weighted by atomic mass is 16.2. The van der Waals surface area contributed by atoms with Crippen molar-refractivity contribution in [3.05, 3.63) is 35.9 Å². The number of carbonyl (C=O) groups is 6. The third-order valence-electron chi connectivity index (χ3n) is 9.69. The number of nitrogens with one attached hydrogen (secondary N) is 3. The van der Waals surface area contributed by atoms with E-state index in [9.17, 15) is 28.8 Å². The molecule has 2 aliphatic rings. The van der Waals surface area contributed by atoms with Gasteiger partial charge in [0.25, 0.3) is 5.91 Å². The van der Waals surface area contributed by atoms with Crippen LogP contribution in [0.3, 0.4) is 0 Å². The first kappa shape index (κ1) is 35.7. The lowest BCUT2D eigenvalue weighted by Crippen LogP contribution is -2.56. The number of carbonyl (C=O) groups excluding carboxylic acids is 6. The summed E-state index contributed by atoms with van der Waals surface area (Å²) in [5.41, 5.74) is 0.341. The van der Waals surface area contributed by atoms with E-state index in [1.807, 2.05) is 40.7 Å². The molecular weight excluding hydrogens is 574 g/mol. The second-order valence-corrected chi connectivity index (χ2v) is 14.4. The zero-order chi connectivity index (χ0) is 33.9. The number of ketones is 1. The van der Waals surface area contributed by atoms with Crippen molar-refractivity contribution in [3.8, 4) is 0 Å². The number of nitrogens with zero attached hydrogens (tertiary/aromatic N) is 2. The molecule has 6 atom stereocenters. The SMILES string of the molecule is CCCC(NC(=O)[C@@H]1[C@@H]2[C@H](CN1C(=O)[C@@H](C)C(C)(C)C)C2(C)C)C(=O)C(=O)NCC(=O)N[C@@H](CC(=O)N(C)C)c1ccccc1. The van der Waals surface area contributed by atoms with Crippen LogP contribution in [0.1, 0.15) is 79.3 Å². The van der Waals surface area contributed by atoms with Crippen LogP contribution in [0.15, 0.2) is 30.3 Å². The van der Waals surface area contributed by atoms with Crippen LogP contribution in [-0.2, 0) is 28.8 Å². The van der Waals surface area contributed by atoms with Gasteiger partial charge in [-0.15, -0.1) is 0 Å². The lowest BCUT2D eigenvalue weighted by atomic mass is 9.81. The zero-order valence-electron chi connectivity index (χ0n) is 28.2. The second-order valence-electron chi connectivity index (χ2n) is 14.4. The van der Waals surface area contributed by atoms with Gasteiger partial charge in [0.15, 0.2) is 0 Å². The first-order chi connectivity index (χ1) is 20.9. The average Bonchev–Trinajstić information content (AvgIpc) is 3.29. The fourth-order valence-electron chi connectivity index (χ4n) is 6.19. The van der Waals surface area contributed by atoms with Crippen LogP contribution < -0.4 is 16.0 Å². The zero-order valence-corrected chi connectivity index (χ0v) is 28.2. The van der Waals surface area contributed by atoms with Crippen LogP contribution in [0.25, 0.3) is 0 Å². The first-order valence-corrected chi connectivity index (χ1v) is 15.9. The van der Waals surface area contributed by atoms with Gasteiger partial charge in [-0.2, -0.15) is 0 Å². The van der Waals surface area contributed by atoms with E-state index < -0.39 is 48.2 Å². The fraction of sp³-hybridized carbons (Fsp3) is 0.647. The van der Waals surface area contributed by atoms with E-state index in [2.05, 4.69) is 29.8 Å². The van der Waals surface area contributed by atoms with Crippen molar-refractivity contribution >= 4 is 35.3 Å². The first-order valence-electron chi connectivity index (χ1n) is 15.9. The Morgan fingerprint density at radius 3 is 2.20 bits per heavy atom. The summed E-state index contributed by atoms with van der Waals surface area (Å²) in [5, 5.41) is 7.93. The monoisotopic (exact) mass is 625 g/mol. The predicted molar refractivity (Wildman–Crippen MR) is 170 cm³/mol. The Bertz CT molecular complexity index is 1290. The number of Topliss-reactive ketones (excluding diaryl/α,β-unsaturated/α-hetero) is 1. The summed E-state index contributed by atoms with van der Waals surface area (Å²) < 4.78 is 0. The van der Waals surface area contributed by atoms with Gasteiger partial charge in [0.05, 0.1) is 25.0 Å². The van der Waals surface area contributed by atoms with Gasteiger partial charge in [0.2, 0.25) is 29.4 Å². The van der Waals surface area contributed by atoms with Gasteiger partial charge in [0.1, 0.15) is 6.04 Å². The predicted octanol–water partition coefficient (Wildman–Crippen LogP) is 2.46. The smallest absolute Gasteiger partial charge is 0.290 e.